The largest absolute Gasteiger partial charge is 0.374 e. The van der Waals surface area contributed by atoms with Gasteiger partial charge in [-0.05, 0) is 38.5 Å². The molecule has 3 nitrogen and oxygen atoms in total. The van der Waals surface area contributed by atoms with E-state index < -0.39 is 0 Å². The Morgan fingerprint density at radius 1 is 1.33 bits per heavy atom. The number of morpholine rings is 1. The molecule has 2 atom stereocenters. The first-order valence-electron chi connectivity index (χ1n) is 7.51. The Balaban J connectivity index is 1.87. The fraction of sp³-hybridized carbons (Fsp3) is 0.625. The van der Waals surface area contributed by atoms with Crippen molar-refractivity contribution >= 4 is 23.2 Å². The van der Waals surface area contributed by atoms with Crippen molar-refractivity contribution in [3.8, 4) is 0 Å². The molecule has 2 unspecified atom stereocenters. The minimum atomic E-state index is 0.174. The highest BCUT2D eigenvalue weighted by atomic mass is 35.5. The smallest absolute Gasteiger partial charge is 0.0827 e. The van der Waals surface area contributed by atoms with E-state index in [1.807, 2.05) is 12.1 Å². The molecular formula is C16H24Cl2N2O. The van der Waals surface area contributed by atoms with Crippen LogP contribution in [-0.2, 0) is 4.74 Å². The van der Waals surface area contributed by atoms with Gasteiger partial charge in [0.05, 0.1) is 12.7 Å². The van der Waals surface area contributed by atoms with E-state index in [0.717, 1.165) is 31.8 Å². The predicted molar refractivity (Wildman–Crippen MR) is 89.3 cm³/mol. The molecule has 0 radical (unpaired) electrons. The Bertz CT molecular complexity index is 468. The molecule has 1 aromatic carbocycles. The lowest BCUT2D eigenvalue weighted by atomic mass is 10.1. The van der Waals surface area contributed by atoms with Crippen molar-refractivity contribution in [2.75, 3.05) is 26.2 Å². The number of hydrogen-bond donors (Lipinski definition) is 1. The molecule has 2 rings (SSSR count). The van der Waals surface area contributed by atoms with E-state index in [1.54, 1.807) is 6.07 Å². The lowest BCUT2D eigenvalue weighted by molar-refractivity contribution is -0.0379. The van der Waals surface area contributed by atoms with Crippen LogP contribution in [0.1, 0.15) is 32.4 Å². The maximum Gasteiger partial charge on any atom is 0.0827 e. The summed E-state index contributed by atoms with van der Waals surface area (Å²) < 4.78 is 5.84. The van der Waals surface area contributed by atoms with Gasteiger partial charge in [0.15, 0.2) is 0 Å². The lowest BCUT2D eigenvalue weighted by Crippen LogP contribution is -2.49. The van der Waals surface area contributed by atoms with E-state index in [2.05, 4.69) is 31.0 Å². The molecule has 1 heterocycles. The van der Waals surface area contributed by atoms with E-state index in [4.69, 9.17) is 27.9 Å². The highest BCUT2D eigenvalue weighted by Gasteiger charge is 2.22. The Hall–Kier alpha value is -0.320. The van der Waals surface area contributed by atoms with Gasteiger partial charge in [0.1, 0.15) is 0 Å². The molecule has 118 valence electrons. The van der Waals surface area contributed by atoms with Crippen LogP contribution in [0.3, 0.4) is 0 Å². The molecule has 0 aliphatic carbocycles. The van der Waals surface area contributed by atoms with Crippen molar-refractivity contribution in [1.29, 1.82) is 0 Å². The van der Waals surface area contributed by atoms with E-state index >= 15 is 0 Å². The predicted octanol–water partition coefficient (Wildman–Crippen LogP) is 3.75. The van der Waals surface area contributed by atoms with Crippen molar-refractivity contribution in [2.24, 2.45) is 0 Å². The molecule has 1 aliphatic heterocycles. The summed E-state index contributed by atoms with van der Waals surface area (Å²) in [5, 5.41) is 4.88. The second-order valence-corrected chi connectivity index (χ2v) is 6.72. The monoisotopic (exact) mass is 330 g/mol. The summed E-state index contributed by atoms with van der Waals surface area (Å²) in [7, 11) is 0. The molecule has 1 saturated heterocycles. The maximum absolute atomic E-state index is 6.25. The van der Waals surface area contributed by atoms with E-state index in [1.165, 1.54) is 0 Å². The SMILES string of the molecule is CC(NCC1CN(C(C)C)CCO1)c1ccc(Cl)cc1Cl. The Morgan fingerprint density at radius 3 is 2.76 bits per heavy atom. The van der Waals surface area contributed by atoms with Crippen molar-refractivity contribution in [3.63, 3.8) is 0 Å². The van der Waals surface area contributed by atoms with Crippen LogP contribution in [0, 0.1) is 0 Å². The molecule has 1 aliphatic rings. The standard InChI is InChI=1S/C16H24Cl2N2O/c1-11(2)20-6-7-21-14(10-20)9-19-12(3)15-5-4-13(17)8-16(15)18/h4-5,8,11-12,14,19H,6-7,9-10H2,1-3H3. The molecule has 0 aromatic heterocycles. The van der Waals surface area contributed by atoms with Gasteiger partial charge in [0.25, 0.3) is 0 Å². The third-order valence-electron chi connectivity index (χ3n) is 3.98. The fourth-order valence-electron chi connectivity index (χ4n) is 2.61. The van der Waals surface area contributed by atoms with Crippen LogP contribution < -0.4 is 5.32 Å². The number of halogens is 2. The van der Waals surface area contributed by atoms with Crippen molar-refractivity contribution in [1.82, 2.24) is 10.2 Å². The van der Waals surface area contributed by atoms with Crippen LogP contribution in [0.5, 0.6) is 0 Å². The fourth-order valence-corrected chi connectivity index (χ4v) is 3.18. The molecule has 21 heavy (non-hydrogen) atoms. The molecule has 0 saturated carbocycles. The molecule has 0 spiro atoms. The average Bonchev–Trinajstić information content (AvgIpc) is 2.45. The molecule has 0 amide bonds. The zero-order valence-corrected chi connectivity index (χ0v) is 14.4. The summed E-state index contributed by atoms with van der Waals surface area (Å²) in [4.78, 5) is 2.45. The van der Waals surface area contributed by atoms with E-state index in [-0.39, 0.29) is 12.1 Å². The maximum atomic E-state index is 6.25. The molecule has 5 heteroatoms. The first-order chi connectivity index (χ1) is 9.97. The van der Waals surface area contributed by atoms with Crippen molar-refractivity contribution in [2.45, 2.75) is 39.0 Å². The van der Waals surface area contributed by atoms with E-state index in [9.17, 15) is 0 Å². The summed E-state index contributed by atoms with van der Waals surface area (Å²) in [5.41, 5.74) is 1.07. The lowest BCUT2D eigenvalue weighted by Gasteiger charge is -2.36. The average molecular weight is 331 g/mol. The number of nitrogens with zero attached hydrogens (tertiary/aromatic N) is 1. The van der Waals surface area contributed by atoms with Crippen LogP contribution >= 0.6 is 23.2 Å². The van der Waals surface area contributed by atoms with Gasteiger partial charge < -0.3 is 10.1 Å². The Morgan fingerprint density at radius 2 is 2.10 bits per heavy atom. The van der Waals surface area contributed by atoms with E-state index in [0.29, 0.717) is 16.1 Å². The second kappa shape index (κ2) is 7.80. The normalized spacial score (nSPS) is 21.7. The van der Waals surface area contributed by atoms with Crippen LogP contribution in [0.25, 0.3) is 0 Å². The summed E-state index contributed by atoms with van der Waals surface area (Å²) in [5.74, 6) is 0. The molecule has 1 N–H and O–H groups in total. The molecule has 0 bridgehead atoms. The third kappa shape index (κ3) is 4.83. The molecule has 1 fully saturated rings. The zero-order chi connectivity index (χ0) is 15.4. The summed E-state index contributed by atoms with van der Waals surface area (Å²) >= 11 is 12.2. The molecular weight excluding hydrogens is 307 g/mol. The highest BCUT2D eigenvalue weighted by molar-refractivity contribution is 6.35. The van der Waals surface area contributed by atoms with Gasteiger partial charge in [-0.15, -0.1) is 0 Å². The summed E-state index contributed by atoms with van der Waals surface area (Å²) in [6.45, 7) is 10.2. The van der Waals surface area contributed by atoms with Gasteiger partial charge in [-0.25, -0.2) is 0 Å². The van der Waals surface area contributed by atoms with Gasteiger partial charge in [-0.3, -0.25) is 4.90 Å². The van der Waals surface area contributed by atoms with Crippen molar-refractivity contribution in [3.05, 3.63) is 33.8 Å². The van der Waals surface area contributed by atoms with Crippen LogP contribution in [-0.4, -0.2) is 43.3 Å². The first-order valence-corrected chi connectivity index (χ1v) is 8.27. The topological polar surface area (TPSA) is 24.5 Å². The van der Waals surface area contributed by atoms with Gasteiger partial charge in [0, 0.05) is 41.8 Å². The quantitative estimate of drug-likeness (QED) is 0.889. The molecule has 1 aromatic rings. The number of rotatable bonds is 5. The third-order valence-corrected chi connectivity index (χ3v) is 4.54. The van der Waals surface area contributed by atoms with Crippen LogP contribution in [0.15, 0.2) is 18.2 Å². The number of ether oxygens (including phenoxy) is 1. The second-order valence-electron chi connectivity index (χ2n) is 5.88. The first kappa shape index (κ1) is 17.0. The summed E-state index contributed by atoms with van der Waals surface area (Å²) in [6, 6.07) is 6.38. The summed E-state index contributed by atoms with van der Waals surface area (Å²) in [6.07, 6.45) is 0.231. The number of hydrogen-bond acceptors (Lipinski definition) is 3. The zero-order valence-electron chi connectivity index (χ0n) is 12.9. The number of benzene rings is 1. The van der Waals surface area contributed by atoms with Gasteiger partial charge in [-0.2, -0.15) is 0 Å². The Kier molecular flexibility index (Phi) is 6.33. The number of nitrogens with one attached hydrogen (secondary N) is 1. The van der Waals surface area contributed by atoms with Gasteiger partial charge in [0.2, 0.25) is 0 Å². The van der Waals surface area contributed by atoms with Gasteiger partial charge in [-0.1, -0.05) is 29.3 Å². The minimum absolute atomic E-state index is 0.174. The van der Waals surface area contributed by atoms with Crippen LogP contribution in [0.2, 0.25) is 10.0 Å². The van der Waals surface area contributed by atoms with Gasteiger partial charge >= 0.3 is 0 Å². The minimum Gasteiger partial charge on any atom is -0.374 e. The van der Waals surface area contributed by atoms with Crippen molar-refractivity contribution < 1.29 is 4.74 Å². The Labute approximate surface area is 137 Å². The highest BCUT2D eigenvalue weighted by Crippen LogP contribution is 2.26. The van der Waals surface area contributed by atoms with Crippen LogP contribution in [0.4, 0.5) is 0 Å².